The van der Waals surface area contributed by atoms with Crippen LogP contribution in [0.2, 0.25) is 0 Å². The number of H-pyrrole nitrogens is 1. The third kappa shape index (κ3) is 3.59. The number of likely N-dealkylation sites (N-methyl/N-ethyl adjacent to an activating group) is 1. The minimum Gasteiger partial charge on any atom is -0.350 e. The highest BCUT2D eigenvalue weighted by Crippen LogP contribution is 2.36. The Morgan fingerprint density at radius 1 is 1.07 bits per heavy atom. The fourth-order valence-electron chi connectivity index (χ4n) is 3.18. The van der Waals surface area contributed by atoms with Gasteiger partial charge in [-0.05, 0) is 36.9 Å². The van der Waals surface area contributed by atoms with Crippen molar-refractivity contribution >= 4 is 27.5 Å². The van der Waals surface area contributed by atoms with Crippen LogP contribution in [0.3, 0.4) is 0 Å². The van der Waals surface area contributed by atoms with Crippen LogP contribution >= 0.6 is 11.3 Å². The summed E-state index contributed by atoms with van der Waals surface area (Å²) in [4.78, 5) is 20.7. The van der Waals surface area contributed by atoms with Crippen molar-refractivity contribution in [3.8, 4) is 10.4 Å². The lowest BCUT2D eigenvalue weighted by atomic mass is 10.1. The summed E-state index contributed by atoms with van der Waals surface area (Å²) in [5.74, 6) is -0.0115. The number of alkyl halides is 3. The Bertz CT molecular complexity index is 935. The first-order valence-electron chi connectivity index (χ1n) is 8.59. The highest BCUT2D eigenvalue weighted by molar-refractivity contribution is 7.22. The summed E-state index contributed by atoms with van der Waals surface area (Å²) >= 11 is 1.46. The number of benzene rings is 1. The lowest BCUT2D eigenvalue weighted by Gasteiger charge is -2.32. The predicted octanol–water partition coefficient (Wildman–Crippen LogP) is 4.30. The Balaban J connectivity index is 1.54. The summed E-state index contributed by atoms with van der Waals surface area (Å²) in [7, 11) is 2.04. The van der Waals surface area contributed by atoms with Crippen LogP contribution in [0.15, 0.2) is 36.4 Å². The van der Waals surface area contributed by atoms with Crippen LogP contribution in [0.1, 0.15) is 16.1 Å². The number of carbonyl (C=O) groups is 1. The summed E-state index contributed by atoms with van der Waals surface area (Å²) in [6, 6.07) is 8.84. The third-order valence-electron chi connectivity index (χ3n) is 4.82. The molecule has 27 heavy (non-hydrogen) atoms. The largest absolute Gasteiger partial charge is 0.416 e. The molecule has 8 heteroatoms. The first-order valence-corrected chi connectivity index (χ1v) is 9.41. The van der Waals surface area contributed by atoms with Gasteiger partial charge in [0.1, 0.15) is 5.69 Å². The topological polar surface area (TPSA) is 39.3 Å². The predicted molar refractivity (Wildman–Crippen MR) is 100 cm³/mol. The van der Waals surface area contributed by atoms with Crippen LogP contribution < -0.4 is 0 Å². The fourth-order valence-corrected chi connectivity index (χ4v) is 4.25. The standard InChI is InChI=1S/C19H18F3N3OS/c1-24-6-8-25(9-7-24)18(26)15-11-17-14(23-15)10-16(27-17)12-2-4-13(5-3-12)19(20,21)22/h2-5,10-11,23H,6-9H2,1H3. The van der Waals surface area contributed by atoms with Gasteiger partial charge in [-0.3, -0.25) is 4.79 Å². The first-order chi connectivity index (χ1) is 12.8. The van der Waals surface area contributed by atoms with Crippen molar-refractivity contribution in [3.63, 3.8) is 0 Å². The quantitative estimate of drug-likeness (QED) is 0.705. The molecule has 142 valence electrons. The molecule has 1 fully saturated rings. The van der Waals surface area contributed by atoms with Crippen molar-refractivity contribution in [3.05, 3.63) is 47.7 Å². The molecule has 4 rings (SSSR count). The zero-order valence-electron chi connectivity index (χ0n) is 14.6. The van der Waals surface area contributed by atoms with Gasteiger partial charge in [-0.15, -0.1) is 11.3 Å². The van der Waals surface area contributed by atoms with Crippen molar-refractivity contribution in [2.24, 2.45) is 0 Å². The molecule has 1 saturated heterocycles. The molecule has 0 bridgehead atoms. The molecule has 1 amide bonds. The number of fused-ring (bicyclic) bond motifs is 1. The molecule has 2 aromatic heterocycles. The van der Waals surface area contributed by atoms with Gasteiger partial charge in [-0.2, -0.15) is 13.2 Å². The van der Waals surface area contributed by atoms with Gasteiger partial charge in [-0.25, -0.2) is 0 Å². The molecule has 1 N–H and O–H groups in total. The maximum Gasteiger partial charge on any atom is 0.416 e. The van der Waals surface area contributed by atoms with E-state index >= 15 is 0 Å². The average Bonchev–Trinajstić information content (AvgIpc) is 3.20. The molecule has 4 nitrogen and oxygen atoms in total. The number of aromatic amines is 1. The molecule has 0 atom stereocenters. The minimum atomic E-state index is -4.33. The van der Waals surface area contributed by atoms with E-state index in [0.29, 0.717) is 18.8 Å². The van der Waals surface area contributed by atoms with Crippen molar-refractivity contribution in [2.45, 2.75) is 6.18 Å². The fraction of sp³-hybridized carbons (Fsp3) is 0.316. The normalized spacial score (nSPS) is 16.2. The van der Waals surface area contributed by atoms with Crippen molar-refractivity contribution in [1.82, 2.24) is 14.8 Å². The molecule has 3 heterocycles. The van der Waals surface area contributed by atoms with Crippen molar-refractivity contribution in [2.75, 3.05) is 33.2 Å². The number of halogens is 3. The van der Waals surface area contributed by atoms with Crippen LogP contribution in [-0.4, -0.2) is 53.9 Å². The number of aromatic nitrogens is 1. The average molecular weight is 393 g/mol. The number of piperazine rings is 1. The molecular formula is C19H18F3N3OS. The molecule has 3 aromatic rings. The van der Waals surface area contributed by atoms with E-state index in [1.807, 2.05) is 24.1 Å². The van der Waals surface area contributed by atoms with Gasteiger partial charge in [0.25, 0.3) is 5.91 Å². The van der Waals surface area contributed by atoms with Gasteiger partial charge in [0.2, 0.25) is 0 Å². The van der Waals surface area contributed by atoms with Gasteiger partial charge >= 0.3 is 6.18 Å². The first kappa shape index (κ1) is 18.1. The number of thiophene rings is 1. The summed E-state index contributed by atoms with van der Waals surface area (Å²) in [6.45, 7) is 3.13. The van der Waals surface area contributed by atoms with Crippen LogP contribution in [0.25, 0.3) is 20.7 Å². The summed E-state index contributed by atoms with van der Waals surface area (Å²) < 4.78 is 39.0. The van der Waals surface area contributed by atoms with Crippen molar-refractivity contribution < 1.29 is 18.0 Å². The van der Waals surface area contributed by atoms with E-state index in [4.69, 9.17) is 0 Å². The van der Waals surface area contributed by atoms with Gasteiger partial charge in [-0.1, -0.05) is 12.1 Å². The van der Waals surface area contributed by atoms with E-state index in [9.17, 15) is 18.0 Å². The highest BCUT2D eigenvalue weighted by Gasteiger charge is 2.30. The molecule has 1 aromatic carbocycles. The highest BCUT2D eigenvalue weighted by atomic mass is 32.1. The molecule has 0 unspecified atom stereocenters. The Morgan fingerprint density at radius 2 is 1.74 bits per heavy atom. The zero-order valence-corrected chi connectivity index (χ0v) is 15.5. The van der Waals surface area contributed by atoms with Crippen LogP contribution in [0, 0.1) is 0 Å². The van der Waals surface area contributed by atoms with E-state index in [1.165, 1.54) is 23.5 Å². The number of carbonyl (C=O) groups excluding carboxylic acids is 1. The summed E-state index contributed by atoms with van der Waals surface area (Å²) in [5, 5.41) is 0. The van der Waals surface area contributed by atoms with E-state index in [2.05, 4.69) is 9.88 Å². The molecule has 0 radical (unpaired) electrons. The van der Waals surface area contributed by atoms with E-state index in [0.717, 1.165) is 45.9 Å². The monoisotopic (exact) mass is 393 g/mol. The maximum absolute atomic E-state index is 12.7. The Kier molecular flexibility index (Phi) is 4.47. The number of hydrogen-bond acceptors (Lipinski definition) is 3. The Labute approximate surface area is 158 Å². The second-order valence-corrected chi connectivity index (χ2v) is 7.83. The number of hydrogen-bond donors (Lipinski definition) is 1. The van der Waals surface area contributed by atoms with Gasteiger partial charge in [0, 0.05) is 31.1 Å². The van der Waals surface area contributed by atoms with Crippen LogP contribution in [0.4, 0.5) is 13.2 Å². The smallest absolute Gasteiger partial charge is 0.350 e. The van der Waals surface area contributed by atoms with Crippen LogP contribution in [0.5, 0.6) is 0 Å². The number of nitrogens with one attached hydrogen (secondary N) is 1. The molecule has 1 aliphatic heterocycles. The summed E-state index contributed by atoms with van der Waals surface area (Å²) in [5.41, 5.74) is 1.45. The summed E-state index contributed by atoms with van der Waals surface area (Å²) in [6.07, 6.45) is -4.33. The number of nitrogens with zero attached hydrogens (tertiary/aromatic N) is 2. The van der Waals surface area contributed by atoms with E-state index < -0.39 is 11.7 Å². The molecule has 0 saturated carbocycles. The maximum atomic E-state index is 12.7. The second kappa shape index (κ2) is 6.69. The molecule has 0 spiro atoms. The van der Waals surface area contributed by atoms with Crippen LogP contribution in [-0.2, 0) is 6.18 Å². The van der Waals surface area contributed by atoms with E-state index in [-0.39, 0.29) is 5.91 Å². The lowest BCUT2D eigenvalue weighted by Crippen LogP contribution is -2.47. The van der Waals surface area contributed by atoms with Gasteiger partial charge in [0.05, 0.1) is 15.8 Å². The third-order valence-corrected chi connectivity index (χ3v) is 5.95. The number of amides is 1. The van der Waals surface area contributed by atoms with E-state index in [1.54, 1.807) is 0 Å². The Morgan fingerprint density at radius 3 is 2.33 bits per heavy atom. The van der Waals surface area contributed by atoms with Gasteiger partial charge < -0.3 is 14.8 Å². The van der Waals surface area contributed by atoms with Crippen molar-refractivity contribution in [1.29, 1.82) is 0 Å². The molecular weight excluding hydrogens is 375 g/mol. The minimum absolute atomic E-state index is 0.0115. The zero-order chi connectivity index (χ0) is 19.2. The number of rotatable bonds is 2. The Hall–Kier alpha value is -2.32. The van der Waals surface area contributed by atoms with Gasteiger partial charge in [0.15, 0.2) is 0 Å². The second-order valence-electron chi connectivity index (χ2n) is 6.74. The molecule has 1 aliphatic rings. The SMILES string of the molecule is CN1CCN(C(=O)c2cc3sc(-c4ccc(C(F)(F)F)cc4)cc3[nH]2)CC1. The lowest BCUT2D eigenvalue weighted by molar-refractivity contribution is -0.137. The molecule has 0 aliphatic carbocycles.